The van der Waals surface area contributed by atoms with Gasteiger partial charge in [0.25, 0.3) is 0 Å². The maximum Gasteiger partial charge on any atom is 0.0739 e. The van der Waals surface area contributed by atoms with E-state index in [4.69, 9.17) is 0 Å². The molecule has 1 aromatic rings. The van der Waals surface area contributed by atoms with Gasteiger partial charge in [0.2, 0.25) is 0 Å². The first-order valence-electron chi connectivity index (χ1n) is 7.84. The molecule has 4 nitrogen and oxygen atoms in total. The lowest BCUT2D eigenvalue weighted by molar-refractivity contribution is 0.0545. The molecule has 1 aromatic heterocycles. The van der Waals surface area contributed by atoms with Gasteiger partial charge in [0.05, 0.1) is 15.9 Å². The summed E-state index contributed by atoms with van der Waals surface area (Å²) < 4.78 is 3.36. The van der Waals surface area contributed by atoms with Crippen LogP contribution in [-0.4, -0.2) is 39.9 Å². The molecule has 0 atom stereocenters. The van der Waals surface area contributed by atoms with Crippen LogP contribution in [0, 0.1) is 6.92 Å². The Balaban J connectivity index is 1.85. The smallest absolute Gasteiger partial charge is 0.0739 e. The second-order valence-corrected chi connectivity index (χ2v) is 6.98. The van der Waals surface area contributed by atoms with Crippen molar-refractivity contribution in [1.82, 2.24) is 20.0 Å². The molecular formula is C15H25BrN4. The van der Waals surface area contributed by atoms with Gasteiger partial charge in [0.15, 0.2) is 0 Å². The Morgan fingerprint density at radius 1 is 1.35 bits per heavy atom. The van der Waals surface area contributed by atoms with E-state index in [1.807, 2.05) is 0 Å². The van der Waals surface area contributed by atoms with E-state index < -0.39 is 0 Å². The van der Waals surface area contributed by atoms with E-state index in [1.165, 1.54) is 35.8 Å². The van der Waals surface area contributed by atoms with Gasteiger partial charge in [0.1, 0.15) is 0 Å². The molecule has 3 rings (SSSR count). The summed E-state index contributed by atoms with van der Waals surface area (Å²) in [4.78, 5) is 2.71. The number of hydrogen-bond donors (Lipinski definition) is 1. The van der Waals surface area contributed by atoms with Crippen molar-refractivity contribution in [2.75, 3.05) is 19.6 Å². The molecule has 0 amide bonds. The third-order valence-corrected chi connectivity index (χ3v) is 6.04. The summed E-state index contributed by atoms with van der Waals surface area (Å²) >= 11 is 3.74. The number of nitrogens with zero attached hydrogens (tertiary/aromatic N) is 3. The first-order valence-corrected chi connectivity index (χ1v) is 8.63. The second-order valence-electron chi connectivity index (χ2n) is 6.19. The molecule has 1 saturated carbocycles. The summed E-state index contributed by atoms with van der Waals surface area (Å²) in [6.45, 7) is 9.65. The zero-order valence-corrected chi connectivity index (χ0v) is 14.2. The van der Waals surface area contributed by atoms with Crippen molar-refractivity contribution in [3.8, 4) is 0 Å². The highest BCUT2D eigenvalue weighted by Crippen LogP contribution is 2.37. The summed E-state index contributed by atoms with van der Waals surface area (Å²) in [6.07, 6.45) is 5.45. The maximum atomic E-state index is 4.64. The molecule has 20 heavy (non-hydrogen) atoms. The number of rotatable bonds is 3. The number of halogens is 1. The first kappa shape index (κ1) is 14.5. The van der Waals surface area contributed by atoms with Gasteiger partial charge in [0, 0.05) is 38.3 Å². The van der Waals surface area contributed by atoms with Crippen molar-refractivity contribution in [3.05, 3.63) is 15.9 Å². The van der Waals surface area contributed by atoms with E-state index in [9.17, 15) is 0 Å². The van der Waals surface area contributed by atoms with E-state index in [-0.39, 0.29) is 0 Å². The van der Waals surface area contributed by atoms with Gasteiger partial charge in [-0.25, -0.2) is 0 Å². The van der Waals surface area contributed by atoms with Gasteiger partial charge in [-0.2, -0.15) is 5.10 Å². The molecule has 1 aliphatic carbocycles. The van der Waals surface area contributed by atoms with E-state index in [0.29, 0.717) is 5.54 Å². The summed E-state index contributed by atoms with van der Waals surface area (Å²) in [5.41, 5.74) is 2.85. The van der Waals surface area contributed by atoms with Crippen molar-refractivity contribution in [2.24, 2.45) is 0 Å². The highest BCUT2D eigenvalue weighted by molar-refractivity contribution is 9.10. The fourth-order valence-corrected chi connectivity index (χ4v) is 4.27. The van der Waals surface area contributed by atoms with Crippen molar-refractivity contribution in [3.63, 3.8) is 0 Å². The zero-order chi connectivity index (χ0) is 14.2. The summed E-state index contributed by atoms with van der Waals surface area (Å²) in [5.74, 6) is 0. The lowest BCUT2D eigenvalue weighted by atomic mass is 9.92. The minimum Gasteiger partial charge on any atom is -0.314 e. The molecule has 1 aliphatic heterocycles. The molecule has 1 spiro atoms. The molecule has 2 fully saturated rings. The Kier molecular flexibility index (Phi) is 4.20. The van der Waals surface area contributed by atoms with E-state index in [2.05, 4.69) is 49.8 Å². The van der Waals surface area contributed by atoms with Crippen LogP contribution in [0.1, 0.15) is 44.0 Å². The number of hydrogen-bond acceptors (Lipinski definition) is 3. The third kappa shape index (κ3) is 2.44. The van der Waals surface area contributed by atoms with Crippen molar-refractivity contribution in [2.45, 2.75) is 58.2 Å². The van der Waals surface area contributed by atoms with Crippen molar-refractivity contribution >= 4 is 15.9 Å². The van der Waals surface area contributed by atoms with Crippen LogP contribution >= 0.6 is 15.9 Å². The van der Waals surface area contributed by atoms with Gasteiger partial charge in [-0.15, -0.1) is 0 Å². The molecule has 5 heteroatoms. The fraction of sp³-hybridized carbons (Fsp3) is 0.800. The van der Waals surface area contributed by atoms with Gasteiger partial charge in [-0.05, 0) is 42.6 Å². The van der Waals surface area contributed by atoms with Crippen LogP contribution in [0.2, 0.25) is 0 Å². The molecule has 2 heterocycles. The Bertz CT molecular complexity index is 476. The topological polar surface area (TPSA) is 33.1 Å². The quantitative estimate of drug-likeness (QED) is 0.918. The van der Waals surface area contributed by atoms with Crippen molar-refractivity contribution in [1.29, 1.82) is 0 Å². The molecule has 2 aliphatic rings. The average molecular weight is 341 g/mol. The predicted molar refractivity (Wildman–Crippen MR) is 84.8 cm³/mol. The Hall–Kier alpha value is -0.390. The Morgan fingerprint density at radius 3 is 2.80 bits per heavy atom. The second kappa shape index (κ2) is 5.78. The number of piperazine rings is 1. The first-order chi connectivity index (χ1) is 9.66. The highest BCUT2D eigenvalue weighted by atomic mass is 79.9. The number of aromatic nitrogens is 2. The lowest BCUT2D eigenvalue weighted by Crippen LogP contribution is -2.59. The third-order valence-electron chi connectivity index (χ3n) is 5.01. The van der Waals surface area contributed by atoms with Gasteiger partial charge in [-0.3, -0.25) is 9.58 Å². The van der Waals surface area contributed by atoms with Gasteiger partial charge in [-0.1, -0.05) is 12.8 Å². The highest BCUT2D eigenvalue weighted by Gasteiger charge is 2.41. The van der Waals surface area contributed by atoms with Crippen LogP contribution in [0.5, 0.6) is 0 Å². The van der Waals surface area contributed by atoms with Crippen LogP contribution in [0.15, 0.2) is 4.47 Å². The SMILES string of the molecule is CCn1nc(C)c(Br)c1CN1CCNCC12CCCC2. The van der Waals surface area contributed by atoms with E-state index >= 15 is 0 Å². The summed E-state index contributed by atoms with van der Waals surface area (Å²) in [5, 5.41) is 8.24. The van der Waals surface area contributed by atoms with Crippen LogP contribution in [0.25, 0.3) is 0 Å². The monoisotopic (exact) mass is 340 g/mol. The molecule has 0 unspecified atom stereocenters. The molecule has 1 saturated heterocycles. The molecule has 0 radical (unpaired) electrons. The summed E-state index contributed by atoms with van der Waals surface area (Å²) in [7, 11) is 0. The van der Waals surface area contributed by atoms with Gasteiger partial charge < -0.3 is 5.32 Å². The molecule has 0 aromatic carbocycles. The predicted octanol–water partition coefficient (Wildman–Crippen LogP) is 2.69. The molecule has 0 bridgehead atoms. The number of nitrogens with one attached hydrogen (secondary N) is 1. The Morgan fingerprint density at radius 2 is 2.10 bits per heavy atom. The molecular weight excluding hydrogens is 316 g/mol. The van der Waals surface area contributed by atoms with E-state index in [0.717, 1.165) is 38.4 Å². The van der Waals surface area contributed by atoms with Crippen LogP contribution in [0.3, 0.4) is 0 Å². The minimum absolute atomic E-state index is 0.397. The largest absolute Gasteiger partial charge is 0.314 e. The van der Waals surface area contributed by atoms with Crippen LogP contribution < -0.4 is 5.32 Å². The lowest BCUT2D eigenvalue weighted by Gasteiger charge is -2.45. The number of aryl methyl sites for hydroxylation is 2. The summed E-state index contributed by atoms with van der Waals surface area (Å²) in [6, 6.07) is 0. The van der Waals surface area contributed by atoms with E-state index in [1.54, 1.807) is 0 Å². The normalized spacial score (nSPS) is 22.8. The van der Waals surface area contributed by atoms with Gasteiger partial charge >= 0.3 is 0 Å². The maximum absolute atomic E-state index is 4.64. The Labute approximate surface area is 130 Å². The standard InChI is InChI=1S/C15H25BrN4/c1-3-20-13(14(16)12(2)18-20)10-19-9-8-17-11-15(19)6-4-5-7-15/h17H,3-11H2,1-2H3. The minimum atomic E-state index is 0.397. The molecule has 1 N–H and O–H groups in total. The zero-order valence-electron chi connectivity index (χ0n) is 12.6. The van der Waals surface area contributed by atoms with Crippen LogP contribution in [0.4, 0.5) is 0 Å². The van der Waals surface area contributed by atoms with Crippen LogP contribution in [-0.2, 0) is 13.1 Å². The molecule has 112 valence electrons. The van der Waals surface area contributed by atoms with Crippen molar-refractivity contribution < 1.29 is 0 Å². The fourth-order valence-electron chi connectivity index (χ4n) is 3.86. The average Bonchev–Trinajstić information content (AvgIpc) is 3.02.